The van der Waals surface area contributed by atoms with E-state index in [2.05, 4.69) is 51.9 Å². The lowest BCUT2D eigenvalue weighted by Crippen LogP contribution is -2.35. The summed E-state index contributed by atoms with van der Waals surface area (Å²) in [4.78, 5) is 2.33. The number of rotatable bonds is 12. The molecule has 3 nitrogen and oxygen atoms in total. The van der Waals surface area contributed by atoms with Crippen molar-refractivity contribution in [2.75, 3.05) is 33.3 Å². The van der Waals surface area contributed by atoms with Crippen LogP contribution in [-0.4, -0.2) is 49.8 Å². The van der Waals surface area contributed by atoms with Crippen LogP contribution >= 0.6 is 0 Å². The van der Waals surface area contributed by atoms with Crippen molar-refractivity contribution in [2.45, 2.75) is 71.9 Å². The molecule has 0 aromatic rings. The summed E-state index contributed by atoms with van der Waals surface area (Å²) in [5.74, 6) is 0. The van der Waals surface area contributed by atoms with E-state index in [1.54, 1.807) is 0 Å². The Kier molecular flexibility index (Phi) is 10.6. The Bertz CT molecular complexity index is 209. The van der Waals surface area contributed by atoms with Gasteiger partial charge in [0.15, 0.2) is 0 Å². The predicted molar refractivity (Wildman–Crippen MR) is 84.8 cm³/mol. The third-order valence-electron chi connectivity index (χ3n) is 4.01. The van der Waals surface area contributed by atoms with Crippen LogP contribution in [0.2, 0.25) is 0 Å². The highest BCUT2D eigenvalue weighted by Crippen LogP contribution is 2.21. The number of hydrogen-bond acceptors (Lipinski definition) is 3. The molecule has 0 bridgehead atoms. The normalized spacial score (nSPS) is 15.2. The van der Waals surface area contributed by atoms with Gasteiger partial charge in [0.05, 0.1) is 12.2 Å². The fraction of sp³-hybridized carbons (Fsp3) is 1.00. The maximum Gasteiger partial charge on any atom is 0.0653 e. The summed E-state index contributed by atoms with van der Waals surface area (Å²) in [7, 11) is 2.16. The van der Waals surface area contributed by atoms with Gasteiger partial charge in [0.25, 0.3) is 0 Å². The molecule has 19 heavy (non-hydrogen) atoms. The lowest BCUT2D eigenvalue weighted by atomic mass is 9.96. The van der Waals surface area contributed by atoms with Crippen LogP contribution in [0.4, 0.5) is 0 Å². The molecule has 0 aliphatic carbocycles. The summed E-state index contributed by atoms with van der Waals surface area (Å²) in [6, 6.07) is 0.592. The van der Waals surface area contributed by atoms with E-state index in [1.807, 2.05) is 0 Å². The molecular formula is C16H36N2O. The summed E-state index contributed by atoms with van der Waals surface area (Å²) in [6.45, 7) is 15.2. The van der Waals surface area contributed by atoms with Crippen molar-refractivity contribution in [1.29, 1.82) is 0 Å². The van der Waals surface area contributed by atoms with Gasteiger partial charge in [0, 0.05) is 12.6 Å². The molecule has 116 valence electrons. The van der Waals surface area contributed by atoms with E-state index in [0.29, 0.717) is 6.04 Å². The second kappa shape index (κ2) is 10.6. The third kappa shape index (κ3) is 9.42. The summed E-state index contributed by atoms with van der Waals surface area (Å²) >= 11 is 0. The molecule has 3 heteroatoms. The van der Waals surface area contributed by atoms with Crippen LogP contribution in [0.25, 0.3) is 0 Å². The molecule has 0 radical (unpaired) electrons. The second-order valence-corrected chi connectivity index (χ2v) is 6.08. The zero-order chi connectivity index (χ0) is 14.7. The summed E-state index contributed by atoms with van der Waals surface area (Å²) in [6.07, 6.45) is 4.64. The van der Waals surface area contributed by atoms with E-state index >= 15 is 0 Å². The molecule has 0 fully saturated rings. The second-order valence-electron chi connectivity index (χ2n) is 6.08. The highest BCUT2D eigenvalue weighted by atomic mass is 16.5. The molecular weight excluding hydrogens is 236 g/mol. The fourth-order valence-electron chi connectivity index (χ4n) is 1.93. The Morgan fingerprint density at radius 2 is 1.89 bits per heavy atom. The first-order valence-corrected chi connectivity index (χ1v) is 8.00. The first-order chi connectivity index (χ1) is 8.95. The highest BCUT2D eigenvalue weighted by molar-refractivity contribution is 4.74. The number of nitrogens with one attached hydrogen (secondary N) is 1. The fourth-order valence-corrected chi connectivity index (χ4v) is 1.93. The minimum absolute atomic E-state index is 0.0473. The predicted octanol–water partition coefficient (Wildman–Crippen LogP) is 3.29. The first kappa shape index (κ1) is 18.9. The summed E-state index contributed by atoms with van der Waals surface area (Å²) in [5, 5.41) is 3.46. The summed E-state index contributed by atoms with van der Waals surface area (Å²) in [5.41, 5.74) is 0.0473. The van der Waals surface area contributed by atoms with Crippen molar-refractivity contribution in [3.63, 3.8) is 0 Å². The molecule has 1 unspecified atom stereocenters. The van der Waals surface area contributed by atoms with Gasteiger partial charge < -0.3 is 15.0 Å². The van der Waals surface area contributed by atoms with Crippen molar-refractivity contribution in [2.24, 2.45) is 0 Å². The maximum atomic E-state index is 6.14. The Morgan fingerprint density at radius 3 is 2.42 bits per heavy atom. The molecule has 0 spiro atoms. The Hall–Kier alpha value is -0.120. The minimum Gasteiger partial charge on any atom is -0.374 e. The summed E-state index contributed by atoms with van der Waals surface area (Å²) < 4.78 is 6.14. The van der Waals surface area contributed by atoms with Crippen molar-refractivity contribution >= 4 is 0 Å². The smallest absolute Gasteiger partial charge is 0.0653 e. The van der Waals surface area contributed by atoms with Crippen LogP contribution in [0.3, 0.4) is 0 Å². The van der Waals surface area contributed by atoms with Crippen LogP contribution in [0.15, 0.2) is 0 Å². The van der Waals surface area contributed by atoms with Gasteiger partial charge in [-0.3, -0.25) is 0 Å². The van der Waals surface area contributed by atoms with Gasteiger partial charge in [-0.15, -0.1) is 0 Å². The Morgan fingerprint density at radius 1 is 1.21 bits per heavy atom. The van der Waals surface area contributed by atoms with Crippen molar-refractivity contribution < 1.29 is 4.74 Å². The van der Waals surface area contributed by atoms with Crippen LogP contribution < -0.4 is 5.32 Å². The van der Waals surface area contributed by atoms with Crippen LogP contribution in [-0.2, 0) is 4.74 Å². The van der Waals surface area contributed by atoms with Gasteiger partial charge in [-0.25, -0.2) is 0 Å². The van der Waals surface area contributed by atoms with Gasteiger partial charge in [-0.2, -0.15) is 0 Å². The zero-order valence-corrected chi connectivity index (χ0v) is 14.1. The standard InChI is InChI=1S/C16H36N2O/c1-7-11-17-12-9-10-16(5,8-2)19-14-13-18(6)15(3)4/h15,17H,7-14H2,1-6H3. The van der Waals surface area contributed by atoms with E-state index in [1.165, 1.54) is 12.8 Å². The largest absolute Gasteiger partial charge is 0.374 e. The van der Waals surface area contributed by atoms with Crippen LogP contribution in [0, 0.1) is 0 Å². The minimum atomic E-state index is 0.0473. The molecule has 0 saturated carbocycles. The molecule has 0 rings (SSSR count). The van der Waals surface area contributed by atoms with Gasteiger partial charge in [0.2, 0.25) is 0 Å². The molecule has 0 saturated heterocycles. The van der Waals surface area contributed by atoms with E-state index < -0.39 is 0 Å². The highest BCUT2D eigenvalue weighted by Gasteiger charge is 2.22. The van der Waals surface area contributed by atoms with E-state index in [4.69, 9.17) is 4.74 Å². The number of likely N-dealkylation sites (N-methyl/N-ethyl adjacent to an activating group) is 1. The van der Waals surface area contributed by atoms with Crippen molar-refractivity contribution in [1.82, 2.24) is 10.2 Å². The molecule has 0 aromatic carbocycles. The molecule has 0 aliphatic rings. The Labute approximate surface area is 121 Å². The van der Waals surface area contributed by atoms with E-state index in [0.717, 1.165) is 39.1 Å². The lowest BCUT2D eigenvalue weighted by molar-refractivity contribution is -0.0487. The quantitative estimate of drug-likeness (QED) is 0.552. The molecule has 0 aliphatic heterocycles. The number of hydrogen-bond donors (Lipinski definition) is 1. The molecule has 0 aromatic heterocycles. The van der Waals surface area contributed by atoms with Gasteiger partial charge in [0.1, 0.15) is 0 Å². The topological polar surface area (TPSA) is 24.5 Å². The van der Waals surface area contributed by atoms with Crippen LogP contribution in [0.5, 0.6) is 0 Å². The van der Waals surface area contributed by atoms with E-state index in [-0.39, 0.29) is 5.60 Å². The first-order valence-electron chi connectivity index (χ1n) is 8.00. The van der Waals surface area contributed by atoms with Crippen LogP contribution in [0.1, 0.15) is 60.3 Å². The van der Waals surface area contributed by atoms with Gasteiger partial charge in [-0.05, 0) is 66.6 Å². The molecule has 0 heterocycles. The average Bonchev–Trinajstić information content (AvgIpc) is 2.38. The van der Waals surface area contributed by atoms with Crippen molar-refractivity contribution in [3.05, 3.63) is 0 Å². The van der Waals surface area contributed by atoms with Crippen molar-refractivity contribution in [3.8, 4) is 0 Å². The van der Waals surface area contributed by atoms with E-state index in [9.17, 15) is 0 Å². The average molecular weight is 272 g/mol. The third-order valence-corrected chi connectivity index (χ3v) is 4.01. The monoisotopic (exact) mass is 272 g/mol. The Balaban J connectivity index is 3.82. The SMILES string of the molecule is CCCNCCCC(C)(CC)OCCN(C)C(C)C. The van der Waals surface area contributed by atoms with Gasteiger partial charge >= 0.3 is 0 Å². The maximum absolute atomic E-state index is 6.14. The van der Waals surface area contributed by atoms with Gasteiger partial charge in [-0.1, -0.05) is 13.8 Å². The lowest BCUT2D eigenvalue weighted by Gasteiger charge is -2.30. The molecule has 0 amide bonds. The zero-order valence-electron chi connectivity index (χ0n) is 14.1. The number of nitrogens with zero attached hydrogens (tertiary/aromatic N) is 1. The molecule has 1 N–H and O–H groups in total. The molecule has 1 atom stereocenters. The number of ether oxygens (including phenoxy) is 1.